The van der Waals surface area contributed by atoms with E-state index in [0.717, 1.165) is 0 Å². The molecule has 0 aromatic rings. The maximum absolute atomic E-state index is 11.1. The Balaban J connectivity index is 3.89. The second-order valence-electron chi connectivity index (χ2n) is 1.33. The molecule has 0 spiro atoms. The first-order valence-corrected chi connectivity index (χ1v) is 3.79. The minimum absolute atomic E-state index is 0.885. The van der Waals surface area contributed by atoms with Crippen LogP contribution in [0.4, 0.5) is 13.2 Å². The molecule has 0 aromatic carbocycles. The molecular formula is C3H6F3NS. The van der Waals surface area contributed by atoms with Gasteiger partial charge in [0.1, 0.15) is 0 Å². The van der Waals surface area contributed by atoms with Gasteiger partial charge in [-0.1, -0.05) is 10.7 Å². The lowest BCUT2D eigenvalue weighted by Gasteiger charge is -1.96. The molecule has 0 bridgehead atoms. The van der Waals surface area contributed by atoms with Crippen LogP contribution >= 0.6 is 0 Å². The monoisotopic (exact) mass is 145 g/mol. The van der Waals surface area contributed by atoms with E-state index >= 15 is 0 Å². The lowest BCUT2D eigenvalue weighted by atomic mass is 11.3. The number of alkyl halides is 3. The van der Waals surface area contributed by atoms with Crippen LogP contribution in [0.5, 0.6) is 0 Å². The second-order valence-corrected chi connectivity index (χ2v) is 3.06. The van der Waals surface area contributed by atoms with E-state index < -0.39 is 17.0 Å². The van der Waals surface area contributed by atoms with Crippen molar-refractivity contribution < 1.29 is 13.2 Å². The molecule has 50 valence electrons. The summed E-state index contributed by atoms with van der Waals surface area (Å²) >= 11 is 0. The third-order valence-electron chi connectivity index (χ3n) is 0.286. The molecule has 1 nitrogen and oxygen atoms in total. The highest BCUT2D eigenvalue weighted by molar-refractivity contribution is 7.85. The molecule has 0 radical (unpaired) electrons. The predicted molar refractivity (Wildman–Crippen MR) is 27.7 cm³/mol. The molecule has 8 heavy (non-hydrogen) atoms. The van der Waals surface area contributed by atoms with Crippen molar-refractivity contribution >= 4 is 10.7 Å². The number of hydrogen-bond donors (Lipinski definition) is 0. The zero-order valence-electron chi connectivity index (χ0n) is 4.49. The maximum atomic E-state index is 11.1. The largest absolute Gasteiger partial charge is 0.508 e. The number of rotatable bonds is 0. The van der Waals surface area contributed by atoms with E-state index in [9.17, 15) is 13.2 Å². The van der Waals surface area contributed by atoms with Crippen LogP contribution in [0.2, 0.25) is 0 Å². The molecule has 0 aliphatic heterocycles. The molecule has 0 aliphatic rings. The van der Waals surface area contributed by atoms with Crippen molar-refractivity contribution in [3.63, 3.8) is 0 Å². The van der Waals surface area contributed by atoms with Crippen molar-refractivity contribution in [2.24, 2.45) is 4.36 Å². The fourth-order valence-electron chi connectivity index (χ4n) is 0.207. The van der Waals surface area contributed by atoms with Gasteiger partial charge in [-0.3, -0.25) is 0 Å². The van der Waals surface area contributed by atoms with E-state index in [1.165, 1.54) is 12.5 Å². The molecule has 0 saturated heterocycles. The molecule has 0 aliphatic carbocycles. The zero-order chi connectivity index (χ0) is 6.78. The van der Waals surface area contributed by atoms with Gasteiger partial charge in [-0.15, -0.1) is 13.2 Å². The Hall–Kier alpha value is -0.0600. The molecule has 0 saturated carbocycles. The molecule has 0 fully saturated rings. The van der Waals surface area contributed by atoms with Gasteiger partial charge in [0.25, 0.3) is 0 Å². The Morgan fingerprint density at radius 1 is 1.25 bits per heavy atom. The van der Waals surface area contributed by atoms with Crippen LogP contribution < -0.4 is 0 Å². The smallest absolute Gasteiger partial charge is 0.163 e. The standard InChI is InChI=1S/C3H6F3NS/c1-8(2)7-3(4,5)6/h1-2H3. The quantitative estimate of drug-likeness (QED) is 0.459. The first kappa shape index (κ1) is 7.94. The van der Waals surface area contributed by atoms with E-state index in [4.69, 9.17) is 0 Å². The molecule has 0 heterocycles. The highest BCUT2D eigenvalue weighted by Gasteiger charge is 2.25. The molecule has 0 amide bonds. The normalized spacial score (nSPS) is 12.2. The minimum atomic E-state index is -4.34. The topological polar surface area (TPSA) is 12.4 Å². The third-order valence-corrected chi connectivity index (χ3v) is 0.858. The van der Waals surface area contributed by atoms with Gasteiger partial charge in [-0.25, -0.2) is 0 Å². The third kappa shape index (κ3) is 5.94. The van der Waals surface area contributed by atoms with E-state index in [-0.39, 0.29) is 0 Å². The Kier molecular flexibility index (Phi) is 2.46. The van der Waals surface area contributed by atoms with Crippen molar-refractivity contribution in [3.8, 4) is 0 Å². The molecule has 0 unspecified atom stereocenters. The SMILES string of the molecule is CS(C)=NC(F)(F)F. The highest BCUT2D eigenvalue weighted by atomic mass is 32.2. The summed E-state index contributed by atoms with van der Waals surface area (Å²) in [5.74, 6) is 0. The number of hydrogen-bond acceptors (Lipinski definition) is 1. The fourth-order valence-corrected chi connectivity index (χ4v) is 0.621. The Bertz CT molecular complexity index is 102. The molecule has 0 rings (SSSR count). The molecular weight excluding hydrogens is 139 g/mol. The minimum Gasteiger partial charge on any atom is -0.163 e. The fraction of sp³-hybridized carbons (Fsp3) is 1.00. The average molecular weight is 145 g/mol. The Morgan fingerprint density at radius 2 is 1.62 bits per heavy atom. The van der Waals surface area contributed by atoms with E-state index in [0.29, 0.717) is 0 Å². The van der Waals surface area contributed by atoms with E-state index in [2.05, 4.69) is 4.36 Å². The van der Waals surface area contributed by atoms with Gasteiger partial charge >= 0.3 is 6.30 Å². The number of halogens is 3. The van der Waals surface area contributed by atoms with Gasteiger partial charge in [0, 0.05) is 0 Å². The molecule has 0 N–H and O–H groups in total. The lowest BCUT2D eigenvalue weighted by Crippen LogP contribution is -2.03. The van der Waals surface area contributed by atoms with Crippen molar-refractivity contribution in [3.05, 3.63) is 0 Å². The summed E-state index contributed by atoms with van der Waals surface area (Å²) in [6, 6.07) is 0. The first-order valence-electron chi connectivity index (χ1n) is 1.79. The summed E-state index contributed by atoms with van der Waals surface area (Å²) in [4.78, 5) is 0. The van der Waals surface area contributed by atoms with Crippen LogP contribution in [0.1, 0.15) is 0 Å². The van der Waals surface area contributed by atoms with Crippen molar-refractivity contribution in [1.29, 1.82) is 0 Å². The van der Waals surface area contributed by atoms with Gasteiger partial charge < -0.3 is 0 Å². The summed E-state index contributed by atoms with van der Waals surface area (Å²) in [5, 5.41) is 0. The van der Waals surface area contributed by atoms with E-state index in [1.54, 1.807) is 0 Å². The predicted octanol–water partition coefficient (Wildman–Crippen LogP) is 1.57. The van der Waals surface area contributed by atoms with Crippen LogP contribution in [0, 0.1) is 0 Å². The van der Waals surface area contributed by atoms with Crippen molar-refractivity contribution in [2.75, 3.05) is 12.5 Å². The van der Waals surface area contributed by atoms with Crippen LogP contribution in [0.15, 0.2) is 4.36 Å². The average Bonchev–Trinajstić information content (AvgIpc) is 1.21. The summed E-state index contributed by atoms with van der Waals surface area (Å²) in [6.07, 6.45) is -1.52. The van der Waals surface area contributed by atoms with Gasteiger partial charge in [0.05, 0.1) is 0 Å². The Morgan fingerprint density at radius 3 is 1.62 bits per heavy atom. The van der Waals surface area contributed by atoms with Crippen LogP contribution in [0.25, 0.3) is 0 Å². The summed E-state index contributed by atoms with van der Waals surface area (Å²) in [6.45, 7) is 0. The Labute approximate surface area is 48.0 Å². The lowest BCUT2D eigenvalue weighted by molar-refractivity contribution is -0.117. The zero-order valence-corrected chi connectivity index (χ0v) is 5.31. The summed E-state index contributed by atoms with van der Waals surface area (Å²) in [5.41, 5.74) is 0. The first-order chi connectivity index (χ1) is 3.42. The molecule has 5 heteroatoms. The highest BCUT2D eigenvalue weighted by Crippen LogP contribution is 2.16. The summed E-state index contributed by atoms with van der Waals surface area (Å²) in [7, 11) is -0.885. The summed E-state index contributed by atoms with van der Waals surface area (Å²) < 4.78 is 35.9. The number of nitrogens with zero attached hydrogens (tertiary/aromatic N) is 1. The van der Waals surface area contributed by atoms with Crippen molar-refractivity contribution in [1.82, 2.24) is 0 Å². The maximum Gasteiger partial charge on any atom is 0.508 e. The van der Waals surface area contributed by atoms with Gasteiger partial charge in [0.2, 0.25) is 0 Å². The molecule has 0 aromatic heterocycles. The van der Waals surface area contributed by atoms with Gasteiger partial charge in [0.15, 0.2) is 0 Å². The van der Waals surface area contributed by atoms with Crippen LogP contribution in [0.3, 0.4) is 0 Å². The van der Waals surface area contributed by atoms with Crippen LogP contribution in [-0.2, 0) is 10.7 Å². The van der Waals surface area contributed by atoms with Crippen molar-refractivity contribution in [2.45, 2.75) is 6.30 Å². The molecule has 0 atom stereocenters. The van der Waals surface area contributed by atoms with Gasteiger partial charge in [-0.05, 0) is 12.5 Å². The van der Waals surface area contributed by atoms with Gasteiger partial charge in [-0.2, -0.15) is 4.36 Å². The second kappa shape index (κ2) is 2.48. The van der Waals surface area contributed by atoms with Crippen LogP contribution in [-0.4, -0.2) is 18.8 Å². The van der Waals surface area contributed by atoms with E-state index in [1.807, 2.05) is 0 Å².